The van der Waals surface area contributed by atoms with Crippen LogP contribution >= 0.6 is 0 Å². The van der Waals surface area contributed by atoms with Crippen molar-refractivity contribution in [1.82, 2.24) is 20.1 Å². The fourth-order valence-electron chi connectivity index (χ4n) is 3.10. The molecule has 158 valence electrons. The molecule has 32 heavy (non-hydrogen) atoms. The maximum atomic E-state index is 12.3. The van der Waals surface area contributed by atoms with E-state index in [1.165, 1.54) is 18.2 Å². The van der Waals surface area contributed by atoms with Crippen LogP contribution in [0.4, 0.5) is 5.69 Å². The molecule has 1 amide bonds. The Morgan fingerprint density at radius 3 is 2.53 bits per heavy atom. The fraction of sp³-hybridized carbons (Fsp3) is 0.0417. The zero-order chi connectivity index (χ0) is 22.3. The monoisotopic (exact) mass is 425 g/mol. The van der Waals surface area contributed by atoms with Gasteiger partial charge in [0, 0.05) is 54.5 Å². The second kappa shape index (κ2) is 9.48. The number of para-hydroxylation sites is 1. The van der Waals surface area contributed by atoms with Gasteiger partial charge in [-0.1, -0.05) is 30.3 Å². The third-order valence-corrected chi connectivity index (χ3v) is 4.73. The van der Waals surface area contributed by atoms with Gasteiger partial charge < -0.3 is 5.32 Å². The number of carbonyl (C=O) groups excluding carboxylic acids is 1. The average molecular weight is 425 g/mol. The van der Waals surface area contributed by atoms with E-state index in [1.54, 1.807) is 35.3 Å². The van der Waals surface area contributed by atoms with Crippen molar-refractivity contribution in [2.24, 2.45) is 0 Å². The van der Waals surface area contributed by atoms with E-state index < -0.39 is 4.92 Å². The van der Waals surface area contributed by atoms with Crippen LogP contribution in [0.3, 0.4) is 0 Å². The molecule has 0 spiro atoms. The minimum atomic E-state index is -0.458. The smallest absolute Gasteiger partial charge is 0.269 e. The van der Waals surface area contributed by atoms with Gasteiger partial charge in [-0.05, 0) is 35.9 Å². The van der Waals surface area contributed by atoms with Gasteiger partial charge in [-0.25, -0.2) is 4.68 Å². The number of nitro benzene ring substituents is 1. The van der Waals surface area contributed by atoms with Gasteiger partial charge >= 0.3 is 0 Å². The molecule has 0 unspecified atom stereocenters. The Bertz CT molecular complexity index is 1250. The molecule has 0 radical (unpaired) electrons. The number of amides is 1. The molecule has 8 heteroatoms. The second-order valence-electron chi connectivity index (χ2n) is 6.93. The highest BCUT2D eigenvalue weighted by Crippen LogP contribution is 2.24. The van der Waals surface area contributed by atoms with Crippen LogP contribution < -0.4 is 5.32 Å². The first-order valence-electron chi connectivity index (χ1n) is 9.85. The highest BCUT2D eigenvalue weighted by molar-refractivity contribution is 5.92. The van der Waals surface area contributed by atoms with Crippen LogP contribution in [0, 0.1) is 10.1 Å². The number of carbonyl (C=O) groups is 1. The molecule has 0 bridgehead atoms. The standard InChI is InChI=1S/C24H19N5O3/c30-23(26-15-18-8-11-22(12-9-18)29(31)32)13-10-20-17-28(21-6-2-1-3-7-21)27-24(20)19-5-4-14-25-16-19/h1-14,16-17H,15H2,(H,26,30). The Morgan fingerprint density at radius 1 is 1.06 bits per heavy atom. The van der Waals surface area contributed by atoms with E-state index in [-0.39, 0.29) is 18.1 Å². The topological polar surface area (TPSA) is 103 Å². The summed E-state index contributed by atoms with van der Waals surface area (Å²) in [7, 11) is 0. The summed E-state index contributed by atoms with van der Waals surface area (Å²) in [5, 5.41) is 18.2. The van der Waals surface area contributed by atoms with E-state index in [0.29, 0.717) is 5.69 Å². The lowest BCUT2D eigenvalue weighted by Gasteiger charge is -2.02. The quantitative estimate of drug-likeness (QED) is 0.272. The van der Waals surface area contributed by atoms with Crippen LogP contribution in [0.25, 0.3) is 23.0 Å². The molecule has 0 saturated carbocycles. The van der Waals surface area contributed by atoms with E-state index in [0.717, 1.165) is 22.4 Å². The number of hydrogen-bond acceptors (Lipinski definition) is 5. The molecule has 2 aromatic carbocycles. The first-order valence-corrected chi connectivity index (χ1v) is 9.85. The number of non-ortho nitro benzene ring substituents is 1. The van der Waals surface area contributed by atoms with Crippen LogP contribution in [-0.2, 0) is 11.3 Å². The molecule has 1 N–H and O–H groups in total. The van der Waals surface area contributed by atoms with Crippen molar-refractivity contribution < 1.29 is 9.72 Å². The van der Waals surface area contributed by atoms with Crippen LogP contribution in [-0.4, -0.2) is 25.6 Å². The van der Waals surface area contributed by atoms with Crippen molar-refractivity contribution in [2.45, 2.75) is 6.54 Å². The van der Waals surface area contributed by atoms with E-state index >= 15 is 0 Å². The summed E-state index contributed by atoms with van der Waals surface area (Å²) < 4.78 is 1.76. The molecule has 4 rings (SSSR count). The van der Waals surface area contributed by atoms with Crippen LogP contribution in [0.15, 0.2) is 91.4 Å². The second-order valence-corrected chi connectivity index (χ2v) is 6.93. The Hall–Kier alpha value is -4.59. The summed E-state index contributed by atoms with van der Waals surface area (Å²) >= 11 is 0. The molecular formula is C24H19N5O3. The third kappa shape index (κ3) is 4.93. The third-order valence-electron chi connectivity index (χ3n) is 4.73. The minimum absolute atomic E-state index is 0.0123. The van der Waals surface area contributed by atoms with Gasteiger partial charge in [0.25, 0.3) is 5.69 Å². The molecule has 2 aromatic heterocycles. The minimum Gasteiger partial charge on any atom is -0.348 e. The lowest BCUT2D eigenvalue weighted by Crippen LogP contribution is -2.20. The number of nitrogens with one attached hydrogen (secondary N) is 1. The number of nitrogens with zero attached hydrogens (tertiary/aromatic N) is 4. The molecule has 8 nitrogen and oxygen atoms in total. The van der Waals surface area contributed by atoms with E-state index in [1.807, 2.05) is 48.7 Å². The predicted molar refractivity (Wildman–Crippen MR) is 121 cm³/mol. The predicted octanol–water partition coefficient (Wildman–Crippen LogP) is 4.17. The SMILES string of the molecule is O=C(C=Cc1cn(-c2ccccc2)nc1-c1cccnc1)NCc1ccc([N+](=O)[O-])cc1. The van der Waals surface area contributed by atoms with Crippen molar-refractivity contribution in [3.8, 4) is 16.9 Å². The Balaban J connectivity index is 1.51. The number of aromatic nitrogens is 3. The van der Waals surface area contributed by atoms with Gasteiger partial charge in [0.1, 0.15) is 5.69 Å². The summed E-state index contributed by atoms with van der Waals surface area (Å²) in [6.07, 6.45) is 8.43. The van der Waals surface area contributed by atoms with Crippen LogP contribution in [0.2, 0.25) is 0 Å². The molecule has 2 heterocycles. The molecular weight excluding hydrogens is 406 g/mol. The molecule has 0 atom stereocenters. The summed E-state index contributed by atoms with van der Waals surface area (Å²) in [4.78, 5) is 26.8. The normalized spacial score (nSPS) is 10.9. The zero-order valence-corrected chi connectivity index (χ0v) is 17.0. The summed E-state index contributed by atoms with van der Waals surface area (Å²) in [6, 6.07) is 19.5. The summed E-state index contributed by atoms with van der Waals surface area (Å²) in [5.74, 6) is -0.284. The highest BCUT2D eigenvalue weighted by atomic mass is 16.6. The molecule has 0 aliphatic heterocycles. The van der Waals surface area contributed by atoms with Gasteiger partial charge in [0.05, 0.1) is 10.6 Å². The zero-order valence-electron chi connectivity index (χ0n) is 17.0. The number of pyridine rings is 1. The lowest BCUT2D eigenvalue weighted by molar-refractivity contribution is -0.384. The van der Waals surface area contributed by atoms with Crippen molar-refractivity contribution in [3.05, 3.63) is 113 Å². The molecule has 0 aliphatic carbocycles. The molecule has 0 fully saturated rings. The van der Waals surface area contributed by atoms with Gasteiger partial charge in [-0.3, -0.25) is 19.9 Å². The van der Waals surface area contributed by atoms with Gasteiger partial charge in [-0.2, -0.15) is 5.10 Å². The Kier molecular flexibility index (Phi) is 6.12. The molecule has 4 aromatic rings. The van der Waals surface area contributed by atoms with Gasteiger partial charge in [0.15, 0.2) is 0 Å². The van der Waals surface area contributed by atoms with E-state index in [9.17, 15) is 14.9 Å². The average Bonchev–Trinajstić information content (AvgIpc) is 3.27. The Labute approximate surface area is 184 Å². The maximum absolute atomic E-state index is 12.3. The maximum Gasteiger partial charge on any atom is 0.269 e. The summed E-state index contributed by atoms with van der Waals surface area (Å²) in [5.41, 5.74) is 4.00. The largest absolute Gasteiger partial charge is 0.348 e. The number of benzene rings is 2. The van der Waals surface area contributed by atoms with Crippen molar-refractivity contribution in [1.29, 1.82) is 0 Å². The van der Waals surface area contributed by atoms with E-state index in [4.69, 9.17) is 0 Å². The number of hydrogen-bond donors (Lipinski definition) is 1. The van der Waals surface area contributed by atoms with Gasteiger partial charge in [0.2, 0.25) is 5.91 Å². The summed E-state index contributed by atoms with van der Waals surface area (Å²) in [6.45, 7) is 0.264. The number of rotatable bonds is 7. The first kappa shape index (κ1) is 20.7. The lowest BCUT2D eigenvalue weighted by atomic mass is 10.1. The van der Waals surface area contributed by atoms with Crippen molar-refractivity contribution in [3.63, 3.8) is 0 Å². The van der Waals surface area contributed by atoms with Crippen LogP contribution in [0.5, 0.6) is 0 Å². The van der Waals surface area contributed by atoms with Crippen LogP contribution in [0.1, 0.15) is 11.1 Å². The van der Waals surface area contributed by atoms with Crippen molar-refractivity contribution in [2.75, 3.05) is 0 Å². The van der Waals surface area contributed by atoms with Gasteiger partial charge in [-0.15, -0.1) is 0 Å². The Morgan fingerprint density at radius 2 is 1.84 bits per heavy atom. The van der Waals surface area contributed by atoms with Crippen molar-refractivity contribution >= 4 is 17.7 Å². The molecule has 0 aliphatic rings. The first-order chi connectivity index (χ1) is 15.6. The highest BCUT2D eigenvalue weighted by Gasteiger charge is 2.11. The molecule has 0 saturated heterocycles. The van der Waals surface area contributed by atoms with E-state index in [2.05, 4.69) is 15.4 Å². The fourth-order valence-corrected chi connectivity index (χ4v) is 3.10. The number of nitro groups is 1.